The summed E-state index contributed by atoms with van der Waals surface area (Å²) in [5.74, 6) is -0.0876. The predicted molar refractivity (Wildman–Crippen MR) is 125 cm³/mol. The van der Waals surface area contributed by atoms with Gasteiger partial charge in [-0.2, -0.15) is 0 Å². The second kappa shape index (κ2) is 8.91. The van der Waals surface area contributed by atoms with Crippen LogP contribution in [0.3, 0.4) is 0 Å². The molecule has 182 valence electrons. The summed E-state index contributed by atoms with van der Waals surface area (Å²) < 4.78 is 27.1. The summed E-state index contributed by atoms with van der Waals surface area (Å²) in [6.07, 6.45) is 1.24. The van der Waals surface area contributed by atoms with Gasteiger partial charge in [0.25, 0.3) is 0 Å². The standard InChI is InChI=1S/C23H17ClFN7O4/c24-12-3-4-14(13(25)6-12)30-21-17-22(28-9-27-21)32(10-29-17)23-19(34)18(33)20(35-23)16-7-15(31-36-16)11-2-1-5-26-8-11/h1-10,18-20,23,33-34H,(H,27,28,30)/t18-,19+,20+,23+/m0/s1. The molecule has 0 aliphatic carbocycles. The molecule has 0 radical (unpaired) electrons. The van der Waals surface area contributed by atoms with Gasteiger partial charge in [0.15, 0.2) is 29.0 Å². The number of benzene rings is 1. The number of anilines is 2. The van der Waals surface area contributed by atoms with Crippen LogP contribution in [-0.2, 0) is 4.74 Å². The molecular weight excluding hydrogens is 493 g/mol. The maximum Gasteiger partial charge on any atom is 0.168 e. The van der Waals surface area contributed by atoms with E-state index in [1.165, 1.54) is 35.4 Å². The van der Waals surface area contributed by atoms with Gasteiger partial charge in [0.1, 0.15) is 36.2 Å². The molecule has 1 aliphatic heterocycles. The number of aromatic nitrogens is 6. The van der Waals surface area contributed by atoms with E-state index in [2.05, 4.69) is 30.4 Å². The van der Waals surface area contributed by atoms with E-state index in [1.54, 1.807) is 24.5 Å². The number of nitrogens with one attached hydrogen (secondary N) is 1. The summed E-state index contributed by atoms with van der Waals surface area (Å²) in [4.78, 5) is 16.8. The predicted octanol–water partition coefficient (Wildman–Crippen LogP) is 3.40. The number of hydrogen-bond donors (Lipinski definition) is 3. The van der Waals surface area contributed by atoms with Crippen LogP contribution < -0.4 is 5.32 Å². The molecule has 1 saturated heterocycles. The molecule has 1 aromatic carbocycles. The van der Waals surface area contributed by atoms with Crippen molar-refractivity contribution < 1.29 is 23.9 Å². The third kappa shape index (κ3) is 3.85. The number of fused-ring (bicyclic) bond motifs is 1. The average molecular weight is 510 g/mol. The first kappa shape index (κ1) is 22.5. The highest BCUT2D eigenvalue weighted by Crippen LogP contribution is 2.41. The van der Waals surface area contributed by atoms with Gasteiger partial charge in [0.2, 0.25) is 0 Å². The largest absolute Gasteiger partial charge is 0.387 e. The normalized spacial score (nSPS) is 21.8. The van der Waals surface area contributed by atoms with Gasteiger partial charge in [0.05, 0.1) is 12.0 Å². The number of nitrogens with zero attached hydrogens (tertiary/aromatic N) is 6. The Morgan fingerprint density at radius 3 is 2.78 bits per heavy atom. The zero-order chi connectivity index (χ0) is 24.8. The Morgan fingerprint density at radius 2 is 1.97 bits per heavy atom. The van der Waals surface area contributed by atoms with E-state index in [-0.39, 0.29) is 22.3 Å². The number of rotatable bonds is 5. The Hall–Kier alpha value is -3.97. The fraction of sp³-hybridized carbons (Fsp3) is 0.174. The number of halogens is 2. The number of imidazole rings is 1. The highest BCUT2D eigenvalue weighted by atomic mass is 35.5. The molecule has 1 fully saturated rings. The van der Waals surface area contributed by atoms with Crippen LogP contribution in [-0.4, -0.2) is 52.1 Å². The highest BCUT2D eigenvalue weighted by molar-refractivity contribution is 6.30. The van der Waals surface area contributed by atoms with Gasteiger partial charge in [-0.1, -0.05) is 16.8 Å². The Balaban J connectivity index is 1.29. The molecular formula is C23H17ClFN7O4. The average Bonchev–Trinajstić information content (AvgIpc) is 3.60. The lowest BCUT2D eigenvalue weighted by molar-refractivity contribution is -0.0433. The summed E-state index contributed by atoms with van der Waals surface area (Å²) in [5.41, 5.74) is 1.99. The zero-order valence-corrected chi connectivity index (χ0v) is 19.0. The lowest BCUT2D eigenvalue weighted by Gasteiger charge is -2.16. The number of aliphatic hydroxyl groups excluding tert-OH is 2. The fourth-order valence-electron chi connectivity index (χ4n) is 4.05. The van der Waals surface area contributed by atoms with Crippen molar-refractivity contribution in [2.45, 2.75) is 24.5 Å². The van der Waals surface area contributed by atoms with Crippen LogP contribution in [0.1, 0.15) is 18.1 Å². The smallest absolute Gasteiger partial charge is 0.168 e. The van der Waals surface area contributed by atoms with Gasteiger partial charge in [-0.15, -0.1) is 0 Å². The van der Waals surface area contributed by atoms with Crippen molar-refractivity contribution in [3.63, 3.8) is 0 Å². The Labute approximate surface area is 207 Å². The first-order valence-corrected chi connectivity index (χ1v) is 11.2. The minimum Gasteiger partial charge on any atom is -0.387 e. The molecule has 0 spiro atoms. The van der Waals surface area contributed by atoms with Crippen LogP contribution in [0.4, 0.5) is 15.9 Å². The van der Waals surface area contributed by atoms with Crippen LogP contribution >= 0.6 is 11.6 Å². The first-order valence-electron chi connectivity index (χ1n) is 10.8. The summed E-state index contributed by atoms with van der Waals surface area (Å²) in [6.45, 7) is 0. The fourth-order valence-corrected chi connectivity index (χ4v) is 4.21. The topological polar surface area (TPSA) is 144 Å². The molecule has 4 aromatic heterocycles. The third-order valence-corrected chi connectivity index (χ3v) is 6.06. The van der Waals surface area contributed by atoms with Crippen molar-refractivity contribution in [2.24, 2.45) is 0 Å². The second-order valence-electron chi connectivity index (χ2n) is 8.08. The van der Waals surface area contributed by atoms with E-state index in [4.69, 9.17) is 20.9 Å². The van der Waals surface area contributed by atoms with Gasteiger partial charge in [-0.25, -0.2) is 19.3 Å². The van der Waals surface area contributed by atoms with Crippen LogP contribution in [0.25, 0.3) is 22.4 Å². The highest BCUT2D eigenvalue weighted by Gasteiger charge is 2.47. The van der Waals surface area contributed by atoms with E-state index in [9.17, 15) is 14.6 Å². The molecule has 11 nitrogen and oxygen atoms in total. The van der Waals surface area contributed by atoms with Crippen molar-refractivity contribution in [2.75, 3.05) is 5.32 Å². The quantitative estimate of drug-likeness (QED) is 0.322. The summed E-state index contributed by atoms with van der Waals surface area (Å²) >= 11 is 5.82. The van der Waals surface area contributed by atoms with Crippen molar-refractivity contribution >= 4 is 34.3 Å². The van der Waals surface area contributed by atoms with Gasteiger partial charge >= 0.3 is 0 Å². The van der Waals surface area contributed by atoms with Crippen LogP contribution in [0.2, 0.25) is 5.02 Å². The van der Waals surface area contributed by atoms with Crippen molar-refractivity contribution in [1.29, 1.82) is 0 Å². The Bertz CT molecular complexity index is 1550. The summed E-state index contributed by atoms with van der Waals surface area (Å²) in [6, 6.07) is 9.39. The molecule has 0 bridgehead atoms. The molecule has 6 rings (SSSR count). The van der Waals surface area contributed by atoms with Crippen LogP contribution in [0.5, 0.6) is 0 Å². The molecule has 0 saturated carbocycles. The minimum absolute atomic E-state index is 0.149. The molecule has 5 heterocycles. The summed E-state index contributed by atoms with van der Waals surface area (Å²) in [7, 11) is 0. The van der Waals surface area contributed by atoms with Crippen molar-refractivity contribution in [3.8, 4) is 11.3 Å². The van der Waals surface area contributed by atoms with Crippen LogP contribution in [0.15, 0.2) is 66.0 Å². The number of aliphatic hydroxyl groups is 2. The lowest BCUT2D eigenvalue weighted by Crippen LogP contribution is -2.28. The number of pyridine rings is 1. The van der Waals surface area contributed by atoms with E-state index < -0.39 is 30.4 Å². The van der Waals surface area contributed by atoms with Gasteiger partial charge in [-0.05, 0) is 30.3 Å². The minimum atomic E-state index is -1.33. The molecule has 13 heteroatoms. The molecule has 0 amide bonds. The Morgan fingerprint density at radius 1 is 1.08 bits per heavy atom. The van der Waals surface area contributed by atoms with Crippen molar-refractivity contribution in [3.05, 3.63) is 78.0 Å². The molecule has 36 heavy (non-hydrogen) atoms. The monoisotopic (exact) mass is 509 g/mol. The number of ether oxygens (including phenoxy) is 1. The van der Waals surface area contributed by atoms with Crippen molar-refractivity contribution in [1.82, 2.24) is 29.7 Å². The van der Waals surface area contributed by atoms with E-state index >= 15 is 0 Å². The van der Waals surface area contributed by atoms with E-state index in [0.717, 1.165) is 5.56 Å². The van der Waals surface area contributed by atoms with Crippen LogP contribution in [0, 0.1) is 5.82 Å². The van der Waals surface area contributed by atoms with Gasteiger partial charge in [-0.3, -0.25) is 9.55 Å². The SMILES string of the molecule is O[C@@H]1[C@H](O)[C@@H](c2cc(-c3cccnc3)no2)O[C@H]1n1cnc2c(Nc3ccc(Cl)cc3F)ncnc21. The van der Waals surface area contributed by atoms with Gasteiger partial charge in [0, 0.05) is 29.0 Å². The third-order valence-electron chi connectivity index (χ3n) is 5.82. The molecule has 0 unspecified atom stereocenters. The maximum atomic E-state index is 14.3. The molecule has 3 N–H and O–H groups in total. The number of hydrogen-bond acceptors (Lipinski definition) is 10. The van der Waals surface area contributed by atoms with E-state index in [0.29, 0.717) is 16.9 Å². The zero-order valence-electron chi connectivity index (χ0n) is 18.2. The van der Waals surface area contributed by atoms with E-state index in [1.807, 2.05) is 6.07 Å². The first-order chi connectivity index (χ1) is 17.5. The molecule has 5 aromatic rings. The maximum absolute atomic E-state index is 14.3. The molecule has 1 aliphatic rings. The summed E-state index contributed by atoms with van der Waals surface area (Å²) in [5, 5.41) is 28.7. The molecule has 4 atom stereocenters. The lowest BCUT2D eigenvalue weighted by atomic mass is 10.1. The second-order valence-corrected chi connectivity index (χ2v) is 8.52. The Kier molecular flexibility index (Phi) is 5.57. The van der Waals surface area contributed by atoms with Gasteiger partial charge < -0.3 is 24.8 Å².